The maximum atomic E-state index is 5.40. The van der Waals surface area contributed by atoms with E-state index in [2.05, 4.69) is 295 Å². The van der Waals surface area contributed by atoms with E-state index in [0.717, 1.165) is 66.3 Å². The molecule has 0 amide bonds. The molecule has 3 N–H and O–H groups in total. The second-order valence-corrected chi connectivity index (χ2v) is 27.6. The summed E-state index contributed by atoms with van der Waals surface area (Å²) in [5, 5.41) is 7.36. The molecule has 3 aromatic heterocycles. The van der Waals surface area contributed by atoms with Crippen molar-refractivity contribution in [3.63, 3.8) is 0 Å². The van der Waals surface area contributed by atoms with Gasteiger partial charge in [0, 0.05) is 55.2 Å². The third-order valence-electron chi connectivity index (χ3n) is 17.0. The van der Waals surface area contributed by atoms with E-state index in [-0.39, 0.29) is 21.7 Å². The Morgan fingerprint density at radius 1 is 0.448 bits per heavy atom. The molecule has 11 rings (SSSR count). The van der Waals surface area contributed by atoms with Gasteiger partial charge >= 0.3 is 0 Å². The van der Waals surface area contributed by atoms with E-state index in [1.807, 2.05) is 0 Å². The molecule has 3 aliphatic rings. The lowest BCUT2D eigenvalue weighted by Gasteiger charge is -2.32. The molecule has 8 bridgehead atoms. The van der Waals surface area contributed by atoms with Gasteiger partial charge in [0.05, 0.1) is 0 Å². The van der Waals surface area contributed by atoms with E-state index in [9.17, 15) is 0 Å². The molecule has 9 heteroatoms. The van der Waals surface area contributed by atoms with Crippen molar-refractivity contribution in [2.24, 2.45) is 5.41 Å². The average molecular weight is 1150 g/mol. The van der Waals surface area contributed by atoms with Crippen molar-refractivity contribution in [2.45, 2.75) is 139 Å². The number of hydrogen-bond acceptors (Lipinski definition) is 7. The Bertz CT molecular complexity index is 4470. The number of allylic oxidation sites excluding steroid dienone is 17. The molecule has 0 atom stereocenters. The van der Waals surface area contributed by atoms with Crippen LogP contribution in [0.1, 0.15) is 145 Å². The van der Waals surface area contributed by atoms with Crippen LogP contribution in [-0.2, 0) is 16.2 Å². The first-order valence-corrected chi connectivity index (χ1v) is 30.7. The zero-order valence-corrected chi connectivity index (χ0v) is 53.5. The molecule has 8 aromatic rings. The van der Waals surface area contributed by atoms with Crippen molar-refractivity contribution >= 4 is 61.6 Å². The predicted octanol–water partition coefficient (Wildman–Crippen LogP) is 21.1. The normalized spacial score (nSPS) is 15.4. The molecule has 9 nitrogen and oxygen atoms in total. The number of aromatic amines is 2. The van der Waals surface area contributed by atoms with Crippen LogP contribution in [0.3, 0.4) is 0 Å². The number of anilines is 2. The van der Waals surface area contributed by atoms with Gasteiger partial charge in [-0.1, -0.05) is 226 Å². The van der Waals surface area contributed by atoms with Gasteiger partial charge in [0.2, 0.25) is 0 Å². The summed E-state index contributed by atoms with van der Waals surface area (Å²) in [6.07, 6.45) is 31.7. The fourth-order valence-corrected chi connectivity index (χ4v) is 11.6. The molecule has 1 aliphatic carbocycles. The second-order valence-electron chi connectivity index (χ2n) is 27.6. The van der Waals surface area contributed by atoms with Gasteiger partial charge in [0.1, 0.15) is 22.6 Å². The topological polar surface area (TPSA) is 121 Å². The minimum absolute atomic E-state index is 0.0935. The number of rotatable bonds is 11. The van der Waals surface area contributed by atoms with Crippen LogP contribution in [0.5, 0.6) is 0 Å². The Kier molecular flexibility index (Phi) is 16.2. The van der Waals surface area contributed by atoms with E-state index in [1.54, 1.807) is 0 Å². The van der Waals surface area contributed by atoms with E-state index >= 15 is 0 Å². The number of benzene rings is 5. The molecule has 0 radical (unpaired) electrons. The van der Waals surface area contributed by atoms with E-state index < -0.39 is 0 Å². The summed E-state index contributed by atoms with van der Waals surface area (Å²) >= 11 is 0. The Morgan fingerprint density at radius 2 is 0.897 bits per heavy atom. The summed E-state index contributed by atoms with van der Waals surface area (Å²) < 4.78 is 0. The van der Waals surface area contributed by atoms with Gasteiger partial charge in [-0.15, -0.1) is 0 Å². The maximum absolute atomic E-state index is 5.40. The van der Waals surface area contributed by atoms with Crippen LogP contribution in [0.2, 0.25) is 0 Å². The third kappa shape index (κ3) is 13.2. The molecular formula is C78H83N9. The van der Waals surface area contributed by atoms with Crippen LogP contribution in [0.4, 0.5) is 11.4 Å². The fourth-order valence-electron chi connectivity index (χ4n) is 11.6. The third-order valence-corrected chi connectivity index (χ3v) is 17.0. The molecule has 440 valence electrons. The van der Waals surface area contributed by atoms with Gasteiger partial charge < -0.3 is 15.3 Å². The molecule has 0 spiro atoms. The summed E-state index contributed by atoms with van der Waals surface area (Å²) in [6, 6.07) is 34.4. The van der Waals surface area contributed by atoms with Gasteiger partial charge in [0.25, 0.3) is 0 Å². The first kappa shape index (κ1) is 59.6. The number of nitrogens with one attached hydrogen (secondary N) is 3. The van der Waals surface area contributed by atoms with Gasteiger partial charge in [-0.2, -0.15) is 0 Å². The highest BCUT2D eigenvalue weighted by atomic mass is 15.1. The van der Waals surface area contributed by atoms with Crippen LogP contribution < -0.4 is 5.32 Å². The predicted molar refractivity (Wildman–Crippen MR) is 369 cm³/mol. The molecule has 0 saturated heterocycles. The van der Waals surface area contributed by atoms with Gasteiger partial charge in [-0.3, -0.25) is 0 Å². The number of hydrogen-bond donors (Lipinski definition) is 3. The fraction of sp³-hybridized carbons (Fsp3) is 0.282. The molecule has 2 aliphatic heterocycles. The van der Waals surface area contributed by atoms with Crippen LogP contribution in [0.15, 0.2) is 198 Å². The van der Waals surface area contributed by atoms with Crippen LogP contribution in [-0.4, -0.2) is 39.9 Å². The minimum Gasteiger partial charge on any atom is -0.356 e. The largest absolute Gasteiger partial charge is 0.356 e. The standard InChI is InChI=1S/C78H83N9/c1-48(22-16-17-23-49(2)25-20-26-50(3)29-42-66-51(4)27-21-43-78(66,14)15)24-18-19-28-52-30-35-56(36-31-52)79-57-37-41-61-65(47-57)74-86-69-60-40-34-55(77(11,12)13)46-64(60)72(84-69)82-67-58-38-32-53(75(5,6)7)44-62(58)71(80-67)81-68-59-39-33-54(76(8,9)10)45-63(59)73(83-68)85-70(61)87-74/h16-20,22-26,28-42,44-47,79H,21,27,43H2,1-15H3,(H2,80,81,82,83,84,85,86,87)/b17-16+,24-18+,25-20+,28-19+,42-29+,48-22+,49-23+,50-26+. The maximum Gasteiger partial charge on any atom is 0.164 e. The van der Waals surface area contributed by atoms with Gasteiger partial charge in [-0.05, 0) is 145 Å². The van der Waals surface area contributed by atoms with E-state index in [4.69, 9.17) is 29.9 Å². The van der Waals surface area contributed by atoms with Crippen molar-refractivity contribution in [1.29, 1.82) is 0 Å². The lowest BCUT2D eigenvalue weighted by molar-refractivity contribution is 0.377. The van der Waals surface area contributed by atoms with Crippen LogP contribution >= 0.6 is 0 Å². The highest BCUT2D eigenvalue weighted by Crippen LogP contribution is 2.43. The Balaban J connectivity index is 0.885. The molecule has 0 unspecified atom stereocenters. The van der Waals surface area contributed by atoms with Crippen molar-refractivity contribution in [3.8, 4) is 45.6 Å². The van der Waals surface area contributed by atoms with Gasteiger partial charge in [0.15, 0.2) is 23.3 Å². The molecule has 87 heavy (non-hydrogen) atoms. The Hall–Kier alpha value is -9.08. The highest BCUT2D eigenvalue weighted by Gasteiger charge is 2.28. The number of aromatic nitrogens is 8. The monoisotopic (exact) mass is 1150 g/mol. The first-order valence-electron chi connectivity index (χ1n) is 30.7. The van der Waals surface area contributed by atoms with Crippen molar-refractivity contribution < 1.29 is 0 Å². The Morgan fingerprint density at radius 3 is 1.44 bits per heavy atom. The molecule has 0 saturated carbocycles. The minimum atomic E-state index is -0.110. The van der Waals surface area contributed by atoms with Crippen LogP contribution in [0.25, 0.3) is 95.8 Å². The van der Waals surface area contributed by atoms with Crippen molar-refractivity contribution in [3.05, 3.63) is 220 Å². The average Bonchev–Trinajstić information content (AvgIpc) is 1.93. The number of fused-ring (bicyclic) bond motifs is 20. The summed E-state index contributed by atoms with van der Waals surface area (Å²) in [4.78, 5) is 39.4. The summed E-state index contributed by atoms with van der Waals surface area (Å²) in [5.41, 5.74) is 19.4. The molecular weight excluding hydrogens is 1060 g/mol. The highest BCUT2D eigenvalue weighted by molar-refractivity contribution is 6.07. The summed E-state index contributed by atoms with van der Waals surface area (Å²) in [6.45, 7) is 33.5. The molecule has 5 heterocycles. The first-order chi connectivity index (χ1) is 41.3. The second kappa shape index (κ2) is 23.6. The van der Waals surface area contributed by atoms with E-state index in [1.165, 1.54) is 58.2 Å². The summed E-state index contributed by atoms with van der Waals surface area (Å²) in [5.74, 6) is 2.29. The lowest BCUT2D eigenvalue weighted by Crippen LogP contribution is -2.19. The van der Waals surface area contributed by atoms with Crippen LogP contribution in [0, 0.1) is 5.41 Å². The zero-order chi connectivity index (χ0) is 61.6. The lowest BCUT2D eigenvalue weighted by atomic mass is 9.72. The number of nitrogens with zero attached hydrogens (tertiary/aromatic N) is 6. The van der Waals surface area contributed by atoms with Gasteiger partial charge in [-0.25, -0.2) is 29.9 Å². The molecule has 0 fully saturated rings. The molecule has 5 aromatic carbocycles. The SMILES string of the molecule is CC1=C(/C=C/C(C)=C/C=C/C(C)=C/C=C/C=C(C)/C=C/C=C/c2ccc(Nc3ccc4c5nc6nc(nc7[nH]c(nc8nc(nc([nH]5)c4c3)-c3ccc(C(C)(C)C)cc3-8)c3ccc(C(C)(C)C)cc73)-c3ccc(C(C)(C)C)cc3-6)cc2)C(C)(C)CCC1. The Labute approximate surface area is 514 Å². The zero-order valence-electron chi connectivity index (χ0n) is 53.5. The quantitative estimate of drug-likeness (QED) is 0.110. The smallest absolute Gasteiger partial charge is 0.164 e. The number of H-pyrrole nitrogens is 2. The van der Waals surface area contributed by atoms with E-state index in [0.29, 0.717) is 45.9 Å². The van der Waals surface area contributed by atoms with Crippen molar-refractivity contribution in [2.75, 3.05) is 5.32 Å². The summed E-state index contributed by atoms with van der Waals surface area (Å²) in [7, 11) is 0. The van der Waals surface area contributed by atoms with Crippen molar-refractivity contribution in [1.82, 2.24) is 39.9 Å².